The third-order valence-electron chi connectivity index (χ3n) is 2.36. The minimum Gasteiger partial charge on any atom is -0.324 e. The fourth-order valence-electron chi connectivity index (χ4n) is 1.57. The molecule has 1 heterocycles. The van der Waals surface area contributed by atoms with Crippen molar-refractivity contribution in [3.8, 4) is 0 Å². The van der Waals surface area contributed by atoms with Gasteiger partial charge in [-0.15, -0.1) is 0 Å². The summed E-state index contributed by atoms with van der Waals surface area (Å²) in [6, 6.07) is 9.43. The van der Waals surface area contributed by atoms with E-state index in [9.17, 15) is 9.59 Å². The molecule has 0 radical (unpaired) electrons. The maximum Gasteiger partial charge on any atom is 0.250 e. The molecular weight excluding hydrogens is 287 g/mol. The summed E-state index contributed by atoms with van der Waals surface area (Å²) in [7, 11) is 0. The molecule has 0 aliphatic heterocycles. The van der Waals surface area contributed by atoms with E-state index in [-0.39, 0.29) is 18.0 Å². The van der Waals surface area contributed by atoms with Crippen LogP contribution in [0.2, 0.25) is 10.0 Å². The standard InChI is InChI=1S/C13H10Cl2N2O2/c14-9-5-10(15)7-11(6-9)16-12(18)8-17-4-2-1-3-13(17)19/h1-7H,8H2,(H,16,18). The van der Waals surface area contributed by atoms with Gasteiger partial charge in [0.2, 0.25) is 5.91 Å². The van der Waals surface area contributed by atoms with Gasteiger partial charge in [-0.05, 0) is 24.3 Å². The summed E-state index contributed by atoms with van der Waals surface area (Å²) in [5.74, 6) is -0.327. The molecule has 0 fully saturated rings. The summed E-state index contributed by atoms with van der Waals surface area (Å²) in [5.41, 5.74) is 0.258. The van der Waals surface area contributed by atoms with Crippen LogP contribution in [0.5, 0.6) is 0 Å². The summed E-state index contributed by atoms with van der Waals surface area (Å²) in [4.78, 5) is 23.3. The molecule has 1 amide bonds. The number of rotatable bonds is 3. The molecule has 0 spiro atoms. The highest BCUT2D eigenvalue weighted by molar-refractivity contribution is 6.35. The van der Waals surface area contributed by atoms with Gasteiger partial charge in [-0.1, -0.05) is 29.3 Å². The molecule has 19 heavy (non-hydrogen) atoms. The Morgan fingerprint density at radius 2 is 1.84 bits per heavy atom. The number of carbonyl (C=O) groups excluding carboxylic acids is 1. The van der Waals surface area contributed by atoms with Crippen molar-refractivity contribution in [2.24, 2.45) is 0 Å². The van der Waals surface area contributed by atoms with E-state index >= 15 is 0 Å². The van der Waals surface area contributed by atoms with E-state index in [1.54, 1.807) is 36.5 Å². The Hall–Kier alpha value is -1.78. The van der Waals surface area contributed by atoms with Gasteiger partial charge in [0.05, 0.1) is 0 Å². The highest BCUT2D eigenvalue weighted by Gasteiger charge is 2.06. The number of nitrogens with zero attached hydrogens (tertiary/aromatic N) is 1. The van der Waals surface area contributed by atoms with Crippen molar-refractivity contribution in [3.05, 3.63) is 63.0 Å². The number of halogens is 2. The quantitative estimate of drug-likeness (QED) is 0.947. The minimum atomic E-state index is -0.327. The lowest BCUT2D eigenvalue weighted by Gasteiger charge is -2.07. The Bertz CT molecular complexity index is 647. The normalized spacial score (nSPS) is 10.2. The average molecular weight is 297 g/mol. The zero-order chi connectivity index (χ0) is 13.8. The Kier molecular flexibility index (Phi) is 4.24. The lowest BCUT2D eigenvalue weighted by atomic mass is 10.3. The van der Waals surface area contributed by atoms with Gasteiger partial charge >= 0.3 is 0 Å². The second-order valence-corrected chi connectivity index (χ2v) is 4.75. The van der Waals surface area contributed by atoms with Crippen molar-refractivity contribution in [1.29, 1.82) is 0 Å². The second-order valence-electron chi connectivity index (χ2n) is 3.87. The Balaban J connectivity index is 2.10. The molecule has 4 nitrogen and oxygen atoms in total. The maximum atomic E-state index is 11.8. The van der Waals surface area contributed by atoms with Crippen LogP contribution in [-0.2, 0) is 11.3 Å². The molecule has 1 aromatic carbocycles. The molecule has 6 heteroatoms. The van der Waals surface area contributed by atoms with E-state index in [0.29, 0.717) is 15.7 Å². The van der Waals surface area contributed by atoms with Gasteiger partial charge in [0.25, 0.3) is 5.56 Å². The maximum absolute atomic E-state index is 11.8. The smallest absolute Gasteiger partial charge is 0.250 e. The van der Waals surface area contributed by atoms with E-state index in [4.69, 9.17) is 23.2 Å². The van der Waals surface area contributed by atoms with Crippen LogP contribution in [0.4, 0.5) is 5.69 Å². The van der Waals surface area contributed by atoms with Crippen molar-refractivity contribution in [2.75, 3.05) is 5.32 Å². The highest BCUT2D eigenvalue weighted by Crippen LogP contribution is 2.22. The van der Waals surface area contributed by atoms with E-state index in [1.807, 2.05) is 0 Å². The summed E-state index contributed by atoms with van der Waals surface area (Å²) in [6.45, 7) is -0.0657. The van der Waals surface area contributed by atoms with Gasteiger partial charge < -0.3 is 9.88 Å². The SMILES string of the molecule is O=C(Cn1ccccc1=O)Nc1cc(Cl)cc(Cl)c1. The number of benzene rings is 1. The van der Waals surface area contributed by atoms with Crippen LogP contribution < -0.4 is 10.9 Å². The molecule has 1 aromatic heterocycles. The van der Waals surface area contributed by atoms with Crippen LogP contribution in [-0.4, -0.2) is 10.5 Å². The number of nitrogens with one attached hydrogen (secondary N) is 1. The first kappa shape index (κ1) is 13.6. The Morgan fingerprint density at radius 1 is 1.16 bits per heavy atom. The topological polar surface area (TPSA) is 51.1 Å². The van der Waals surface area contributed by atoms with Crippen molar-refractivity contribution in [2.45, 2.75) is 6.54 Å². The molecule has 0 bridgehead atoms. The number of aromatic nitrogens is 1. The summed E-state index contributed by atoms with van der Waals surface area (Å²) in [6.07, 6.45) is 1.55. The number of carbonyl (C=O) groups is 1. The van der Waals surface area contributed by atoms with E-state index < -0.39 is 0 Å². The monoisotopic (exact) mass is 296 g/mol. The first-order valence-electron chi connectivity index (χ1n) is 5.46. The molecule has 0 atom stereocenters. The van der Waals surface area contributed by atoms with Gasteiger partial charge in [-0.25, -0.2) is 0 Å². The van der Waals surface area contributed by atoms with Crippen LogP contribution >= 0.6 is 23.2 Å². The molecule has 2 rings (SSSR count). The van der Waals surface area contributed by atoms with Crippen molar-refractivity contribution in [3.63, 3.8) is 0 Å². The predicted molar refractivity (Wildman–Crippen MR) is 75.8 cm³/mol. The fourth-order valence-corrected chi connectivity index (χ4v) is 2.10. The van der Waals surface area contributed by atoms with Crippen molar-refractivity contribution >= 4 is 34.8 Å². The Morgan fingerprint density at radius 3 is 2.47 bits per heavy atom. The number of amides is 1. The third kappa shape index (κ3) is 3.84. The van der Waals surface area contributed by atoms with Crippen molar-refractivity contribution < 1.29 is 4.79 Å². The van der Waals surface area contributed by atoms with E-state index in [2.05, 4.69) is 5.32 Å². The van der Waals surface area contributed by atoms with Crippen LogP contribution in [0.3, 0.4) is 0 Å². The third-order valence-corrected chi connectivity index (χ3v) is 2.80. The first-order valence-corrected chi connectivity index (χ1v) is 6.21. The molecule has 98 valence electrons. The number of hydrogen-bond donors (Lipinski definition) is 1. The van der Waals surface area contributed by atoms with Gasteiger partial charge in [0, 0.05) is 28.0 Å². The van der Waals surface area contributed by atoms with Crippen LogP contribution in [0, 0.1) is 0 Å². The molecule has 2 aromatic rings. The van der Waals surface area contributed by atoms with E-state index in [1.165, 1.54) is 10.6 Å². The van der Waals surface area contributed by atoms with Crippen molar-refractivity contribution in [1.82, 2.24) is 4.57 Å². The molecule has 1 N–H and O–H groups in total. The molecule has 0 saturated heterocycles. The minimum absolute atomic E-state index is 0.0657. The molecule has 0 unspecified atom stereocenters. The number of pyridine rings is 1. The summed E-state index contributed by atoms with van der Waals surface area (Å²) < 4.78 is 1.31. The summed E-state index contributed by atoms with van der Waals surface area (Å²) >= 11 is 11.7. The molecule has 0 saturated carbocycles. The van der Waals surface area contributed by atoms with Crippen LogP contribution in [0.25, 0.3) is 0 Å². The van der Waals surface area contributed by atoms with Crippen LogP contribution in [0.1, 0.15) is 0 Å². The Labute approximate surface area is 119 Å². The second kappa shape index (κ2) is 5.91. The summed E-state index contributed by atoms with van der Waals surface area (Å²) in [5, 5.41) is 3.49. The van der Waals surface area contributed by atoms with Gasteiger partial charge in [-0.3, -0.25) is 9.59 Å². The zero-order valence-corrected chi connectivity index (χ0v) is 11.3. The van der Waals surface area contributed by atoms with Crippen LogP contribution in [0.15, 0.2) is 47.4 Å². The van der Waals surface area contributed by atoms with Gasteiger partial charge in [-0.2, -0.15) is 0 Å². The lowest BCUT2D eigenvalue weighted by molar-refractivity contribution is -0.116. The molecule has 0 aliphatic carbocycles. The first-order chi connectivity index (χ1) is 9.04. The predicted octanol–water partition coefficient (Wildman–Crippen LogP) is 2.79. The fraction of sp³-hybridized carbons (Fsp3) is 0.0769. The number of anilines is 1. The zero-order valence-electron chi connectivity index (χ0n) is 9.77. The molecular formula is C13H10Cl2N2O2. The largest absolute Gasteiger partial charge is 0.324 e. The average Bonchev–Trinajstić information content (AvgIpc) is 2.30. The lowest BCUT2D eigenvalue weighted by Crippen LogP contribution is -2.26. The highest BCUT2D eigenvalue weighted by atomic mass is 35.5. The van der Waals surface area contributed by atoms with E-state index in [0.717, 1.165) is 0 Å². The molecule has 0 aliphatic rings. The van der Waals surface area contributed by atoms with Gasteiger partial charge in [0.15, 0.2) is 0 Å². The number of hydrogen-bond acceptors (Lipinski definition) is 2. The van der Waals surface area contributed by atoms with Gasteiger partial charge in [0.1, 0.15) is 6.54 Å².